The van der Waals surface area contributed by atoms with Gasteiger partial charge in [-0.3, -0.25) is 4.99 Å². The molecule has 2 heterocycles. The lowest BCUT2D eigenvalue weighted by atomic mass is 9.99. The van der Waals surface area contributed by atoms with Crippen molar-refractivity contribution in [3.8, 4) is 0 Å². The number of hydrogen-bond acceptors (Lipinski definition) is 5. The smallest absolute Gasteiger partial charge is 0.191 e. The Balaban J connectivity index is 1.82. The second-order valence-corrected chi connectivity index (χ2v) is 5.86. The largest absolute Gasteiger partial charge is 0.381 e. The maximum absolute atomic E-state index is 5.43. The number of nitrogens with zero attached hydrogens (tertiary/aromatic N) is 1. The van der Waals surface area contributed by atoms with Gasteiger partial charge in [0.15, 0.2) is 5.96 Å². The molecule has 0 saturated carbocycles. The van der Waals surface area contributed by atoms with Gasteiger partial charge in [-0.05, 0) is 26.0 Å². The molecule has 2 rings (SSSR count). The third-order valence-electron chi connectivity index (χ3n) is 3.32. The van der Waals surface area contributed by atoms with E-state index in [0.29, 0.717) is 10.8 Å². The van der Waals surface area contributed by atoms with Crippen molar-refractivity contribution in [1.29, 1.82) is 0 Å². The molecule has 0 aromatic rings. The van der Waals surface area contributed by atoms with E-state index in [-0.39, 0.29) is 0 Å². The van der Waals surface area contributed by atoms with Crippen LogP contribution in [0.4, 0.5) is 0 Å². The van der Waals surface area contributed by atoms with Crippen LogP contribution in [0.2, 0.25) is 0 Å². The van der Waals surface area contributed by atoms with E-state index in [2.05, 4.69) is 28.8 Å². The summed E-state index contributed by atoms with van der Waals surface area (Å²) >= 11 is 1.95. The second-order valence-electron chi connectivity index (χ2n) is 4.59. The topological polar surface area (TPSA) is 45.7 Å². The summed E-state index contributed by atoms with van der Waals surface area (Å²) in [6, 6.07) is 0.474. The average molecular weight is 243 g/mol. The molecule has 4 nitrogen and oxygen atoms in total. The lowest BCUT2D eigenvalue weighted by molar-refractivity contribution is 0.0783. The molecule has 0 amide bonds. The standard InChI is InChI=1S/C11H21N3OS/c1-9-7-12-10(14-9)13-8-11(16-2)3-5-15-6-4-11/h9H,3-8H2,1-2H3,(H2,12,13,14). The van der Waals surface area contributed by atoms with Crippen molar-refractivity contribution in [2.75, 3.05) is 32.6 Å². The number of rotatable bonds is 3. The van der Waals surface area contributed by atoms with E-state index in [1.54, 1.807) is 0 Å². The Hall–Kier alpha value is -0.420. The molecule has 1 saturated heterocycles. The van der Waals surface area contributed by atoms with Crippen molar-refractivity contribution in [3.63, 3.8) is 0 Å². The van der Waals surface area contributed by atoms with Crippen LogP contribution in [-0.4, -0.2) is 49.3 Å². The molecule has 1 unspecified atom stereocenters. The number of aliphatic imine (C=N–C) groups is 1. The summed E-state index contributed by atoms with van der Waals surface area (Å²) in [6.07, 6.45) is 4.45. The van der Waals surface area contributed by atoms with Gasteiger partial charge in [-0.2, -0.15) is 11.8 Å². The molecular weight excluding hydrogens is 222 g/mol. The Morgan fingerprint density at radius 2 is 2.31 bits per heavy atom. The maximum atomic E-state index is 5.43. The molecule has 1 atom stereocenters. The molecule has 5 heteroatoms. The van der Waals surface area contributed by atoms with Gasteiger partial charge in [0.1, 0.15) is 0 Å². The van der Waals surface area contributed by atoms with Gasteiger partial charge in [0, 0.05) is 30.5 Å². The van der Waals surface area contributed by atoms with Crippen LogP contribution >= 0.6 is 11.8 Å². The number of ether oxygens (including phenoxy) is 1. The SMILES string of the molecule is CSC1(CNC2=NCC(C)N2)CCOCC1. The summed E-state index contributed by atoms with van der Waals surface area (Å²) in [7, 11) is 0. The molecule has 0 aliphatic carbocycles. The van der Waals surface area contributed by atoms with Gasteiger partial charge >= 0.3 is 0 Å². The zero-order chi connectivity index (χ0) is 11.4. The monoisotopic (exact) mass is 243 g/mol. The molecule has 0 radical (unpaired) electrons. The Kier molecular flexibility index (Phi) is 3.97. The minimum atomic E-state index is 0.328. The van der Waals surface area contributed by atoms with Crippen LogP contribution in [0.1, 0.15) is 19.8 Å². The normalized spacial score (nSPS) is 28.4. The molecular formula is C11H21N3OS. The third-order valence-corrected chi connectivity index (χ3v) is 4.74. The summed E-state index contributed by atoms with van der Waals surface area (Å²) < 4.78 is 5.76. The van der Waals surface area contributed by atoms with Gasteiger partial charge in [-0.25, -0.2) is 0 Å². The first kappa shape index (κ1) is 12.0. The summed E-state index contributed by atoms with van der Waals surface area (Å²) in [6.45, 7) is 5.79. The van der Waals surface area contributed by atoms with Crippen molar-refractivity contribution in [2.45, 2.75) is 30.6 Å². The van der Waals surface area contributed by atoms with E-state index in [0.717, 1.165) is 45.1 Å². The Labute approximate surface area is 102 Å². The van der Waals surface area contributed by atoms with Crippen molar-refractivity contribution in [1.82, 2.24) is 10.6 Å². The van der Waals surface area contributed by atoms with E-state index in [1.807, 2.05) is 11.8 Å². The lowest BCUT2D eigenvalue weighted by Gasteiger charge is -2.36. The molecule has 0 bridgehead atoms. The fourth-order valence-electron chi connectivity index (χ4n) is 2.10. The van der Waals surface area contributed by atoms with Gasteiger partial charge in [0.25, 0.3) is 0 Å². The summed E-state index contributed by atoms with van der Waals surface area (Å²) in [5, 5.41) is 6.77. The first-order chi connectivity index (χ1) is 7.74. The fourth-order valence-corrected chi connectivity index (χ4v) is 2.89. The van der Waals surface area contributed by atoms with E-state index in [9.17, 15) is 0 Å². The fraction of sp³-hybridized carbons (Fsp3) is 0.909. The van der Waals surface area contributed by atoms with Gasteiger partial charge in [-0.15, -0.1) is 0 Å². The molecule has 0 spiro atoms. The highest BCUT2D eigenvalue weighted by atomic mass is 32.2. The second kappa shape index (κ2) is 5.27. The van der Waals surface area contributed by atoms with E-state index in [4.69, 9.17) is 4.74 Å². The van der Waals surface area contributed by atoms with Gasteiger partial charge in [-0.1, -0.05) is 0 Å². The third kappa shape index (κ3) is 2.83. The minimum Gasteiger partial charge on any atom is -0.381 e. The number of thioether (sulfide) groups is 1. The predicted octanol–water partition coefficient (Wildman–Crippen LogP) is 0.836. The zero-order valence-electron chi connectivity index (χ0n) is 10.1. The maximum Gasteiger partial charge on any atom is 0.191 e. The zero-order valence-corrected chi connectivity index (χ0v) is 10.9. The number of guanidine groups is 1. The summed E-state index contributed by atoms with van der Waals surface area (Å²) in [5.41, 5.74) is 0. The summed E-state index contributed by atoms with van der Waals surface area (Å²) in [5.74, 6) is 0.965. The van der Waals surface area contributed by atoms with Crippen LogP contribution in [0, 0.1) is 0 Å². The first-order valence-electron chi connectivity index (χ1n) is 5.92. The molecule has 2 aliphatic heterocycles. The van der Waals surface area contributed by atoms with Crippen LogP contribution in [0.5, 0.6) is 0 Å². The minimum absolute atomic E-state index is 0.328. The van der Waals surface area contributed by atoms with Crippen molar-refractivity contribution in [2.24, 2.45) is 4.99 Å². The Morgan fingerprint density at radius 3 is 2.88 bits per heavy atom. The van der Waals surface area contributed by atoms with Crippen LogP contribution in [0.25, 0.3) is 0 Å². The average Bonchev–Trinajstić information content (AvgIpc) is 2.74. The number of hydrogen-bond donors (Lipinski definition) is 2. The lowest BCUT2D eigenvalue weighted by Crippen LogP contribution is -2.47. The Morgan fingerprint density at radius 1 is 1.56 bits per heavy atom. The summed E-state index contributed by atoms with van der Waals surface area (Å²) in [4.78, 5) is 4.42. The van der Waals surface area contributed by atoms with Crippen LogP contribution in [0.3, 0.4) is 0 Å². The van der Waals surface area contributed by atoms with E-state index >= 15 is 0 Å². The van der Waals surface area contributed by atoms with Gasteiger partial charge < -0.3 is 15.4 Å². The Bertz CT molecular complexity index is 264. The van der Waals surface area contributed by atoms with Gasteiger partial charge in [0.2, 0.25) is 0 Å². The highest BCUT2D eigenvalue weighted by molar-refractivity contribution is 8.00. The molecule has 16 heavy (non-hydrogen) atoms. The van der Waals surface area contributed by atoms with E-state index < -0.39 is 0 Å². The number of nitrogens with one attached hydrogen (secondary N) is 2. The van der Waals surface area contributed by atoms with Crippen molar-refractivity contribution >= 4 is 17.7 Å². The van der Waals surface area contributed by atoms with Crippen molar-refractivity contribution in [3.05, 3.63) is 0 Å². The quantitative estimate of drug-likeness (QED) is 0.771. The van der Waals surface area contributed by atoms with Crippen LogP contribution < -0.4 is 10.6 Å². The van der Waals surface area contributed by atoms with Gasteiger partial charge in [0.05, 0.1) is 6.54 Å². The van der Waals surface area contributed by atoms with Crippen molar-refractivity contribution < 1.29 is 4.74 Å². The molecule has 1 fully saturated rings. The highest BCUT2D eigenvalue weighted by Gasteiger charge is 2.32. The molecule has 0 aromatic carbocycles. The van der Waals surface area contributed by atoms with Crippen LogP contribution in [-0.2, 0) is 4.74 Å². The molecule has 0 aromatic heterocycles. The molecule has 92 valence electrons. The highest BCUT2D eigenvalue weighted by Crippen LogP contribution is 2.32. The first-order valence-corrected chi connectivity index (χ1v) is 7.14. The van der Waals surface area contributed by atoms with E-state index in [1.165, 1.54) is 0 Å². The predicted molar refractivity (Wildman–Crippen MR) is 69.2 cm³/mol. The molecule has 2 aliphatic rings. The van der Waals surface area contributed by atoms with Crippen LogP contribution in [0.15, 0.2) is 4.99 Å². The molecule has 2 N–H and O–H groups in total.